The van der Waals surface area contributed by atoms with Gasteiger partial charge >= 0.3 is 0 Å². The minimum Gasteiger partial charge on any atom is -0.391 e. The van der Waals surface area contributed by atoms with Gasteiger partial charge in [0.15, 0.2) is 0 Å². The molecule has 0 radical (unpaired) electrons. The number of hydrogen-bond donors (Lipinski definition) is 2. The molecule has 0 bridgehead atoms. The molecule has 1 heterocycles. The van der Waals surface area contributed by atoms with E-state index < -0.39 is 18.1 Å². The summed E-state index contributed by atoms with van der Waals surface area (Å²) in [6.07, 6.45) is -0.723. The molecule has 0 saturated carbocycles. The first-order valence-electron chi connectivity index (χ1n) is 3.67. The number of hydrogen-bond acceptors (Lipinski definition) is 3. The first-order chi connectivity index (χ1) is 5.61. The molecule has 0 fully saturated rings. The Bertz CT molecular complexity index is 265. The maximum Gasteiger partial charge on any atom is 0.213 e. The molecule has 0 unspecified atom stereocenters. The van der Waals surface area contributed by atoms with Crippen LogP contribution in [0.3, 0.4) is 0 Å². The molecule has 1 aromatic heterocycles. The summed E-state index contributed by atoms with van der Waals surface area (Å²) in [5, 5.41) is 9.08. The van der Waals surface area contributed by atoms with Crippen molar-refractivity contribution in [1.29, 1.82) is 0 Å². The molecule has 66 valence electrons. The van der Waals surface area contributed by atoms with Crippen molar-refractivity contribution in [3.05, 3.63) is 29.8 Å². The molecule has 0 amide bonds. The van der Waals surface area contributed by atoms with Crippen molar-refractivity contribution in [2.24, 2.45) is 5.73 Å². The fourth-order valence-electron chi connectivity index (χ4n) is 0.857. The van der Waals surface area contributed by atoms with Crippen molar-refractivity contribution in [1.82, 2.24) is 4.98 Å². The first-order valence-corrected chi connectivity index (χ1v) is 3.67. The second-order valence-electron chi connectivity index (χ2n) is 2.65. The van der Waals surface area contributed by atoms with Gasteiger partial charge < -0.3 is 10.8 Å². The summed E-state index contributed by atoms with van der Waals surface area (Å²) in [5.41, 5.74) is 5.89. The highest BCUT2D eigenvalue weighted by atomic mass is 19.1. The van der Waals surface area contributed by atoms with Crippen LogP contribution in [0.25, 0.3) is 0 Å². The molecule has 0 saturated heterocycles. The highest BCUT2D eigenvalue weighted by molar-refractivity contribution is 5.09. The number of aliphatic hydroxyl groups excluding tert-OH is 1. The monoisotopic (exact) mass is 170 g/mol. The zero-order valence-corrected chi connectivity index (χ0v) is 6.74. The highest BCUT2D eigenvalue weighted by Gasteiger charge is 2.13. The molecular weight excluding hydrogens is 159 g/mol. The molecule has 3 N–H and O–H groups in total. The second kappa shape index (κ2) is 3.60. The summed E-state index contributed by atoms with van der Waals surface area (Å²) in [6, 6.07) is 3.71. The summed E-state index contributed by atoms with van der Waals surface area (Å²) >= 11 is 0. The van der Waals surface area contributed by atoms with Gasteiger partial charge in [0.25, 0.3) is 0 Å². The lowest BCUT2D eigenvalue weighted by Crippen LogP contribution is -2.24. The van der Waals surface area contributed by atoms with Crippen molar-refractivity contribution < 1.29 is 9.50 Å². The van der Waals surface area contributed by atoms with Gasteiger partial charge in [0.1, 0.15) is 0 Å². The second-order valence-corrected chi connectivity index (χ2v) is 2.65. The number of nitrogens with two attached hydrogens (primary N) is 1. The number of aromatic nitrogens is 1. The van der Waals surface area contributed by atoms with Gasteiger partial charge in [0.2, 0.25) is 5.95 Å². The van der Waals surface area contributed by atoms with E-state index in [1.807, 2.05) is 0 Å². The maximum atomic E-state index is 12.5. The minimum absolute atomic E-state index is 0.366. The molecule has 0 aliphatic rings. The first kappa shape index (κ1) is 9.09. The van der Waals surface area contributed by atoms with Crippen LogP contribution in [0.4, 0.5) is 4.39 Å². The Morgan fingerprint density at radius 1 is 1.58 bits per heavy atom. The van der Waals surface area contributed by atoms with Crippen LogP contribution in [0.2, 0.25) is 0 Å². The van der Waals surface area contributed by atoms with Crippen molar-refractivity contribution in [3.8, 4) is 0 Å². The van der Waals surface area contributed by atoms with Gasteiger partial charge in [0.05, 0.1) is 17.8 Å². The summed E-state index contributed by atoms with van der Waals surface area (Å²) in [7, 11) is 0. The highest BCUT2D eigenvalue weighted by Crippen LogP contribution is 2.10. The van der Waals surface area contributed by atoms with E-state index in [0.717, 1.165) is 0 Å². The molecule has 0 aromatic carbocycles. The molecule has 1 rings (SSSR count). The van der Waals surface area contributed by atoms with Crippen LogP contribution in [0.1, 0.15) is 18.7 Å². The van der Waals surface area contributed by atoms with Crippen molar-refractivity contribution >= 4 is 0 Å². The quantitative estimate of drug-likeness (QED) is 0.639. The number of pyridine rings is 1. The van der Waals surface area contributed by atoms with Gasteiger partial charge in [-0.3, -0.25) is 0 Å². The van der Waals surface area contributed by atoms with Crippen molar-refractivity contribution in [2.75, 3.05) is 0 Å². The summed E-state index contributed by atoms with van der Waals surface area (Å²) < 4.78 is 12.5. The zero-order valence-electron chi connectivity index (χ0n) is 6.74. The van der Waals surface area contributed by atoms with E-state index in [1.165, 1.54) is 19.1 Å². The number of halogens is 1. The van der Waals surface area contributed by atoms with E-state index in [1.54, 1.807) is 6.07 Å². The lowest BCUT2D eigenvalue weighted by atomic mass is 10.1. The molecule has 2 atom stereocenters. The summed E-state index contributed by atoms with van der Waals surface area (Å²) in [5.74, 6) is -0.580. The molecule has 0 spiro atoms. The maximum absolute atomic E-state index is 12.5. The summed E-state index contributed by atoms with van der Waals surface area (Å²) in [4.78, 5) is 3.54. The molecule has 4 heteroatoms. The molecule has 0 aliphatic carbocycles. The Kier molecular flexibility index (Phi) is 2.73. The number of nitrogens with zero attached hydrogens (tertiary/aromatic N) is 1. The van der Waals surface area contributed by atoms with E-state index in [0.29, 0.717) is 5.69 Å². The third-order valence-electron chi connectivity index (χ3n) is 1.60. The molecular formula is C8H11FN2O. The van der Waals surface area contributed by atoms with Crippen molar-refractivity contribution in [2.45, 2.75) is 19.1 Å². The fraction of sp³-hybridized carbons (Fsp3) is 0.375. The van der Waals surface area contributed by atoms with Gasteiger partial charge in [-0.2, -0.15) is 4.39 Å². The Hall–Kier alpha value is -1.00. The topological polar surface area (TPSA) is 59.1 Å². The lowest BCUT2D eigenvalue weighted by molar-refractivity contribution is 0.162. The van der Waals surface area contributed by atoms with E-state index in [4.69, 9.17) is 10.8 Å². The third kappa shape index (κ3) is 1.99. The van der Waals surface area contributed by atoms with Crippen LogP contribution in [0, 0.1) is 5.95 Å². The summed E-state index contributed by atoms with van der Waals surface area (Å²) in [6.45, 7) is 1.54. The number of rotatable bonds is 2. The lowest BCUT2D eigenvalue weighted by Gasteiger charge is -2.13. The molecule has 1 aromatic rings. The van der Waals surface area contributed by atoms with Gasteiger partial charge in [-0.05, 0) is 19.1 Å². The molecule has 3 nitrogen and oxygen atoms in total. The Morgan fingerprint density at radius 2 is 2.25 bits per heavy atom. The minimum atomic E-state index is -0.723. The average molecular weight is 170 g/mol. The van der Waals surface area contributed by atoms with Gasteiger partial charge in [-0.1, -0.05) is 6.07 Å². The van der Waals surface area contributed by atoms with E-state index in [9.17, 15) is 4.39 Å². The van der Waals surface area contributed by atoms with Crippen LogP contribution in [0.5, 0.6) is 0 Å². The van der Waals surface area contributed by atoms with Crippen LogP contribution in [-0.2, 0) is 0 Å². The average Bonchev–Trinajstić information content (AvgIpc) is 2.03. The zero-order chi connectivity index (χ0) is 9.14. The normalized spacial score (nSPS) is 15.7. The standard InChI is InChI=1S/C8H11FN2O/c1-5(12)8(10)6-3-2-4-7(9)11-6/h2-5,8,12H,10H2,1H3/t5-,8+/m0/s1. The van der Waals surface area contributed by atoms with Crippen LogP contribution in [-0.4, -0.2) is 16.2 Å². The smallest absolute Gasteiger partial charge is 0.213 e. The SMILES string of the molecule is C[C@H](O)[C@@H](N)c1cccc(F)n1. The van der Waals surface area contributed by atoms with Crippen LogP contribution in [0.15, 0.2) is 18.2 Å². The fourth-order valence-corrected chi connectivity index (χ4v) is 0.857. The van der Waals surface area contributed by atoms with Gasteiger partial charge in [-0.15, -0.1) is 0 Å². The largest absolute Gasteiger partial charge is 0.391 e. The Labute approximate surface area is 70.0 Å². The van der Waals surface area contributed by atoms with E-state index in [-0.39, 0.29) is 0 Å². The Balaban J connectivity index is 2.88. The predicted molar refractivity (Wildman–Crippen MR) is 42.8 cm³/mol. The van der Waals surface area contributed by atoms with Crippen LogP contribution < -0.4 is 5.73 Å². The van der Waals surface area contributed by atoms with Crippen molar-refractivity contribution in [3.63, 3.8) is 0 Å². The van der Waals surface area contributed by atoms with Crippen LogP contribution >= 0.6 is 0 Å². The predicted octanol–water partition coefficient (Wildman–Crippen LogP) is 0.601. The molecule has 12 heavy (non-hydrogen) atoms. The number of aliphatic hydroxyl groups is 1. The van der Waals surface area contributed by atoms with E-state index >= 15 is 0 Å². The Morgan fingerprint density at radius 3 is 2.75 bits per heavy atom. The van der Waals surface area contributed by atoms with E-state index in [2.05, 4.69) is 4.98 Å². The van der Waals surface area contributed by atoms with Gasteiger partial charge in [-0.25, -0.2) is 4.98 Å². The van der Waals surface area contributed by atoms with Gasteiger partial charge in [0, 0.05) is 0 Å². The third-order valence-corrected chi connectivity index (χ3v) is 1.60. The molecule has 0 aliphatic heterocycles.